The quantitative estimate of drug-likeness (QED) is 0.388. The molecular weight excluding hydrogens is 380 g/mol. The third-order valence-corrected chi connectivity index (χ3v) is 4.66. The van der Waals surface area contributed by atoms with Crippen molar-refractivity contribution < 1.29 is 14.3 Å². The first kappa shape index (κ1) is 20.9. The molecule has 3 rings (SSSR count). The van der Waals surface area contributed by atoms with Gasteiger partial charge >= 0.3 is 11.8 Å². The first-order chi connectivity index (χ1) is 14.4. The molecule has 2 N–H and O–H groups in total. The number of nitrogens with zero attached hydrogens (tertiary/aromatic N) is 2. The predicted molar refractivity (Wildman–Crippen MR) is 117 cm³/mol. The van der Waals surface area contributed by atoms with E-state index in [4.69, 9.17) is 4.74 Å². The number of ether oxygens (including phenoxy) is 1. The van der Waals surface area contributed by atoms with Crippen LogP contribution in [0.25, 0.3) is 5.69 Å². The minimum Gasteiger partial charge on any atom is -0.495 e. The lowest BCUT2D eigenvalue weighted by molar-refractivity contribution is -0.136. The number of hydrogen-bond donors (Lipinski definition) is 2. The summed E-state index contributed by atoms with van der Waals surface area (Å²) in [6, 6.07) is 17.2. The second kappa shape index (κ2) is 9.09. The average Bonchev–Trinajstić information content (AvgIpc) is 3.02. The van der Waals surface area contributed by atoms with Crippen molar-refractivity contribution >= 4 is 23.7 Å². The Labute approximate surface area is 175 Å². The van der Waals surface area contributed by atoms with Gasteiger partial charge in [-0.15, -0.1) is 0 Å². The van der Waals surface area contributed by atoms with Crippen molar-refractivity contribution in [3.05, 3.63) is 77.1 Å². The second-order valence-electron chi connectivity index (χ2n) is 6.85. The van der Waals surface area contributed by atoms with Crippen molar-refractivity contribution in [3.63, 3.8) is 0 Å². The van der Waals surface area contributed by atoms with Crippen molar-refractivity contribution in [1.82, 2.24) is 9.99 Å². The number of benzene rings is 2. The number of anilines is 1. The van der Waals surface area contributed by atoms with Gasteiger partial charge in [0.25, 0.3) is 0 Å². The summed E-state index contributed by atoms with van der Waals surface area (Å²) in [5, 5.41) is 6.49. The molecule has 0 spiro atoms. The predicted octanol–water partition coefficient (Wildman–Crippen LogP) is 3.50. The first-order valence-electron chi connectivity index (χ1n) is 9.44. The van der Waals surface area contributed by atoms with E-state index in [1.807, 2.05) is 63.2 Å². The van der Waals surface area contributed by atoms with E-state index in [1.54, 1.807) is 12.1 Å². The van der Waals surface area contributed by atoms with Gasteiger partial charge in [-0.1, -0.05) is 24.3 Å². The molecule has 0 fully saturated rings. The molecule has 0 bridgehead atoms. The zero-order valence-corrected chi connectivity index (χ0v) is 17.4. The number of aromatic nitrogens is 1. The maximum atomic E-state index is 12.2. The van der Waals surface area contributed by atoms with Gasteiger partial charge in [-0.2, -0.15) is 5.10 Å². The Morgan fingerprint density at radius 2 is 1.73 bits per heavy atom. The van der Waals surface area contributed by atoms with Crippen LogP contribution >= 0.6 is 0 Å². The Morgan fingerprint density at radius 1 is 1.00 bits per heavy atom. The SMILES string of the molecule is COc1ccc(C)cc1NC(=O)C(=O)N/N=C\c1cc(C)n(-c2ccccc2)c1C. The monoisotopic (exact) mass is 404 g/mol. The van der Waals surface area contributed by atoms with Gasteiger partial charge in [0.05, 0.1) is 19.0 Å². The minimum atomic E-state index is -0.869. The molecule has 2 aromatic carbocycles. The lowest BCUT2D eigenvalue weighted by Gasteiger charge is -2.10. The number of amides is 2. The molecule has 154 valence electrons. The molecule has 1 heterocycles. The Bertz CT molecular complexity index is 1100. The van der Waals surface area contributed by atoms with Crippen LogP contribution in [0.5, 0.6) is 5.75 Å². The van der Waals surface area contributed by atoms with E-state index in [0.717, 1.165) is 28.2 Å². The first-order valence-corrected chi connectivity index (χ1v) is 9.44. The number of para-hydroxylation sites is 1. The highest BCUT2D eigenvalue weighted by Gasteiger charge is 2.16. The van der Waals surface area contributed by atoms with Crippen LogP contribution < -0.4 is 15.5 Å². The third kappa shape index (κ3) is 4.57. The number of rotatable bonds is 5. The fourth-order valence-electron chi connectivity index (χ4n) is 3.20. The van der Waals surface area contributed by atoms with Crippen LogP contribution in [-0.2, 0) is 9.59 Å². The van der Waals surface area contributed by atoms with E-state index < -0.39 is 11.8 Å². The molecule has 0 aliphatic carbocycles. The van der Waals surface area contributed by atoms with Gasteiger partial charge in [0.15, 0.2) is 0 Å². The summed E-state index contributed by atoms with van der Waals surface area (Å²) in [5.41, 5.74) is 7.52. The lowest BCUT2D eigenvalue weighted by atomic mass is 10.2. The normalized spacial score (nSPS) is 10.8. The lowest BCUT2D eigenvalue weighted by Crippen LogP contribution is -2.32. The van der Waals surface area contributed by atoms with Crippen LogP contribution in [-0.4, -0.2) is 29.7 Å². The van der Waals surface area contributed by atoms with E-state index in [1.165, 1.54) is 13.3 Å². The van der Waals surface area contributed by atoms with Crippen LogP contribution in [0.15, 0.2) is 59.7 Å². The van der Waals surface area contributed by atoms with Gasteiger partial charge in [0.1, 0.15) is 5.75 Å². The van der Waals surface area contributed by atoms with E-state index >= 15 is 0 Å². The minimum absolute atomic E-state index is 0.424. The van der Waals surface area contributed by atoms with Crippen molar-refractivity contribution in [1.29, 1.82) is 0 Å². The molecule has 7 nitrogen and oxygen atoms in total. The van der Waals surface area contributed by atoms with Crippen LogP contribution in [0, 0.1) is 20.8 Å². The number of methoxy groups -OCH3 is 1. The maximum Gasteiger partial charge on any atom is 0.329 e. The number of hydrazone groups is 1. The number of carbonyl (C=O) groups is 2. The molecule has 0 unspecified atom stereocenters. The number of aryl methyl sites for hydroxylation is 2. The fourth-order valence-corrected chi connectivity index (χ4v) is 3.20. The Hall–Kier alpha value is -3.87. The highest BCUT2D eigenvalue weighted by Crippen LogP contribution is 2.25. The molecule has 0 saturated heterocycles. The summed E-state index contributed by atoms with van der Waals surface area (Å²) in [6.07, 6.45) is 1.53. The Balaban J connectivity index is 1.68. The summed E-state index contributed by atoms with van der Waals surface area (Å²) < 4.78 is 7.30. The molecule has 3 aromatic rings. The summed E-state index contributed by atoms with van der Waals surface area (Å²) in [5.74, 6) is -1.23. The standard InChI is InChI=1S/C23H24N4O3/c1-15-10-11-21(30-4)20(12-15)25-22(28)23(29)26-24-14-18-13-16(2)27(17(18)3)19-8-6-5-7-9-19/h5-14H,1-4H3,(H,25,28)(H,26,29)/b24-14-. The van der Waals surface area contributed by atoms with Crippen molar-refractivity contribution in [2.24, 2.45) is 5.10 Å². The van der Waals surface area contributed by atoms with E-state index in [0.29, 0.717) is 11.4 Å². The molecule has 0 aliphatic rings. The number of hydrogen-bond acceptors (Lipinski definition) is 4. The number of carbonyl (C=O) groups excluding carboxylic acids is 2. The maximum absolute atomic E-state index is 12.2. The van der Waals surface area contributed by atoms with Gasteiger partial charge in [-0.25, -0.2) is 5.43 Å². The second-order valence-corrected chi connectivity index (χ2v) is 6.85. The summed E-state index contributed by atoms with van der Waals surface area (Å²) >= 11 is 0. The molecule has 1 aromatic heterocycles. The molecule has 0 saturated carbocycles. The van der Waals surface area contributed by atoms with Crippen molar-refractivity contribution in [2.45, 2.75) is 20.8 Å². The molecule has 7 heteroatoms. The molecular formula is C23H24N4O3. The molecule has 0 radical (unpaired) electrons. The summed E-state index contributed by atoms with van der Waals surface area (Å²) in [4.78, 5) is 24.3. The van der Waals surface area contributed by atoms with Crippen molar-refractivity contribution in [2.75, 3.05) is 12.4 Å². The largest absolute Gasteiger partial charge is 0.495 e. The van der Waals surface area contributed by atoms with Crippen LogP contribution in [0.2, 0.25) is 0 Å². The molecule has 0 atom stereocenters. The van der Waals surface area contributed by atoms with Gasteiger partial charge < -0.3 is 14.6 Å². The molecule has 0 aliphatic heterocycles. The van der Waals surface area contributed by atoms with Crippen molar-refractivity contribution in [3.8, 4) is 11.4 Å². The topological polar surface area (TPSA) is 84.7 Å². The molecule has 2 amide bonds. The third-order valence-electron chi connectivity index (χ3n) is 4.66. The zero-order valence-electron chi connectivity index (χ0n) is 17.4. The van der Waals surface area contributed by atoms with Crippen LogP contribution in [0.1, 0.15) is 22.5 Å². The average molecular weight is 404 g/mol. The zero-order chi connectivity index (χ0) is 21.7. The highest BCUT2D eigenvalue weighted by atomic mass is 16.5. The summed E-state index contributed by atoms with van der Waals surface area (Å²) in [7, 11) is 1.50. The number of nitrogens with one attached hydrogen (secondary N) is 2. The van der Waals surface area contributed by atoms with Gasteiger partial charge in [0, 0.05) is 22.6 Å². The van der Waals surface area contributed by atoms with Crippen LogP contribution in [0.3, 0.4) is 0 Å². The van der Waals surface area contributed by atoms with E-state index in [9.17, 15) is 9.59 Å². The Morgan fingerprint density at radius 3 is 2.43 bits per heavy atom. The fraction of sp³-hybridized carbons (Fsp3) is 0.174. The summed E-state index contributed by atoms with van der Waals surface area (Å²) in [6.45, 7) is 5.85. The molecule has 30 heavy (non-hydrogen) atoms. The smallest absolute Gasteiger partial charge is 0.329 e. The Kier molecular flexibility index (Phi) is 6.32. The van der Waals surface area contributed by atoms with Gasteiger partial charge in [-0.05, 0) is 56.7 Å². The van der Waals surface area contributed by atoms with Gasteiger partial charge in [-0.3, -0.25) is 9.59 Å². The van der Waals surface area contributed by atoms with E-state index in [2.05, 4.69) is 20.4 Å². The van der Waals surface area contributed by atoms with E-state index in [-0.39, 0.29) is 0 Å². The highest BCUT2D eigenvalue weighted by molar-refractivity contribution is 6.39. The van der Waals surface area contributed by atoms with Gasteiger partial charge in [0.2, 0.25) is 0 Å². The van der Waals surface area contributed by atoms with Crippen LogP contribution in [0.4, 0.5) is 5.69 Å².